The largest absolute Gasteiger partial charge is 0.481 e. The first-order valence-corrected chi connectivity index (χ1v) is 5.72. The molecule has 0 aliphatic heterocycles. The molecule has 0 saturated heterocycles. The van der Waals surface area contributed by atoms with Crippen molar-refractivity contribution in [3.63, 3.8) is 0 Å². The molecule has 17 heavy (non-hydrogen) atoms. The van der Waals surface area contributed by atoms with E-state index in [0.29, 0.717) is 11.8 Å². The minimum atomic E-state index is -1.32. The maximum Gasteiger partial charge on any atom is 0.326 e. The molecule has 0 aromatic heterocycles. The Kier molecular flexibility index (Phi) is 3.04. The third-order valence-electron chi connectivity index (χ3n) is 3.61. The maximum absolute atomic E-state index is 11.7. The Labute approximate surface area is 98.0 Å². The van der Waals surface area contributed by atoms with Crippen molar-refractivity contribution in [3.05, 3.63) is 0 Å². The molecule has 1 amide bonds. The summed E-state index contributed by atoms with van der Waals surface area (Å²) in [6.07, 6.45) is 2.23. The molecule has 0 aromatic carbocycles. The molecule has 2 rings (SSSR count). The number of carboxylic acids is 2. The lowest BCUT2D eigenvalue weighted by atomic mass is 10.0. The number of carbonyl (C=O) groups excluding carboxylic acids is 1. The molecule has 94 valence electrons. The monoisotopic (exact) mass is 241 g/mol. The van der Waals surface area contributed by atoms with Crippen LogP contribution >= 0.6 is 0 Å². The van der Waals surface area contributed by atoms with Crippen molar-refractivity contribution in [3.8, 4) is 0 Å². The summed E-state index contributed by atoms with van der Waals surface area (Å²) in [5, 5.41) is 19.7. The first kappa shape index (κ1) is 11.9. The first-order chi connectivity index (χ1) is 7.97. The van der Waals surface area contributed by atoms with E-state index in [0.717, 1.165) is 12.8 Å². The molecule has 0 spiro atoms. The zero-order chi connectivity index (χ0) is 12.6. The summed E-state index contributed by atoms with van der Waals surface area (Å²) >= 11 is 0. The van der Waals surface area contributed by atoms with E-state index in [-0.39, 0.29) is 11.8 Å². The van der Waals surface area contributed by atoms with Gasteiger partial charge in [0.2, 0.25) is 5.91 Å². The lowest BCUT2D eigenvalue weighted by Crippen LogP contribution is -2.44. The smallest absolute Gasteiger partial charge is 0.326 e. The molecule has 6 nitrogen and oxygen atoms in total. The van der Waals surface area contributed by atoms with Gasteiger partial charge >= 0.3 is 11.9 Å². The van der Waals surface area contributed by atoms with Gasteiger partial charge in [-0.2, -0.15) is 0 Å². The van der Waals surface area contributed by atoms with Gasteiger partial charge in [-0.05, 0) is 31.1 Å². The maximum atomic E-state index is 11.7. The van der Waals surface area contributed by atoms with Crippen LogP contribution in [0.4, 0.5) is 0 Å². The van der Waals surface area contributed by atoms with Crippen molar-refractivity contribution in [2.75, 3.05) is 0 Å². The van der Waals surface area contributed by atoms with Crippen molar-refractivity contribution >= 4 is 17.8 Å². The first-order valence-electron chi connectivity index (χ1n) is 5.72. The van der Waals surface area contributed by atoms with E-state index in [9.17, 15) is 14.4 Å². The fraction of sp³-hybridized carbons (Fsp3) is 0.727. The van der Waals surface area contributed by atoms with E-state index in [2.05, 4.69) is 5.32 Å². The van der Waals surface area contributed by atoms with Gasteiger partial charge in [-0.3, -0.25) is 9.59 Å². The summed E-state index contributed by atoms with van der Waals surface area (Å²) in [4.78, 5) is 33.0. The predicted molar refractivity (Wildman–Crippen MR) is 56.1 cm³/mol. The highest BCUT2D eigenvalue weighted by Gasteiger charge is 2.48. The van der Waals surface area contributed by atoms with Gasteiger partial charge in [0, 0.05) is 5.92 Å². The molecule has 2 fully saturated rings. The molecule has 6 heteroatoms. The van der Waals surface area contributed by atoms with Crippen LogP contribution in [0.3, 0.4) is 0 Å². The van der Waals surface area contributed by atoms with Gasteiger partial charge < -0.3 is 15.5 Å². The highest BCUT2D eigenvalue weighted by atomic mass is 16.4. The summed E-state index contributed by atoms with van der Waals surface area (Å²) in [5.74, 6) is -1.71. The van der Waals surface area contributed by atoms with Gasteiger partial charge in [-0.25, -0.2) is 4.79 Å². The third kappa shape index (κ3) is 2.75. The lowest BCUT2D eigenvalue weighted by Gasteiger charge is -2.16. The molecule has 2 saturated carbocycles. The average molecular weight is 241 g/mol. The van der Waals surface area contributed by atoms with E-state index in [1.165, 1.54) is 6.42 Å². The van der Waals surface area contributed by atoms with Gasteiger partial charge in [0.15, 0.2) is 0 Å². The molecule has 3 N–H and O–H groups in total. The second-order valence-electron chi connectivity index (χ2n) is 4.92. The molecule has 0 radical (unpaired) electrons. The number of carboxylic acid groups (broad SMARTS) is 2. The Bertz CT molecular complexity index is 357. The average Bonchev–Trinajstić information content (AvgIpc) is 2.84. The topological polar surface area (TPSA) is 104 Å². The van der Waals surface area contributed by atoms with Gasteiger partial charge in [-0.1, -0.05) is 0 Å². The molecule has 2 unspecified atom stereocenters. The fourth-order valence-electron chi connectivity index (χ4n) is 2.59. The second kappa shape index (κ2) is 4.35. The van der Waals surface area contributed by atoms with Crippen LogP contribution in [0, 0.1) is 17.8 Å². The van der Waals surface area contributed by atoms with Gasteiger partial charge in [0.05, 0.1) is 6.42 Å². The molecule has 2 aliphatic rings. The van der Waals surface area contributed by atoms with E-state index in [1.807, 2.05) is 0 Å². The van der Waals surface area contributed by atoms with Crippen molar-refractivity contribution in [1.29, 1.82) is 0 Å². The molecule has 2 aliphatic carbocycles. The van der Waals surface area contributed by atoms with Crippen molar-refractivity contribution in [1.82, 2.24) is 5.32 Å². The summed E-state index contributed by atoms with van der Waals surface area (Å²) < 4.78 is 0. The number of rotatable bonds is 5. The molecule has 0 heterocycles. The van der Waals surface area contributed by atoms with Crippen LogP contribution in [-0.2, 0) is 14.4 Å². The van der Waals surface area contributed by atoms with Gasteiger partial charge in [0.25, 0.3) is 0 Å². The second-order valence-corrected chi connectivity index (χ2v) is 4.92. The number of nitrogens with one attached hydrogen (secondary N) is 1. The Morgan fingerprint density at radius 3 is 2.18 bits per heavy atom. The summed E-state index contributed by atoms with van der Waals surface area (Å²) in [6, 6.07) is -1.32. The normalized spacial score (nSPS) is 31.4. The SMILES string of the molecule is O=C(O)C[C@H](NC(=O)C1CC2CC2C1)C(=O)O. The number of hydrogen-bond donors (Lipinski definition) is 3. The highest BCUT2D eigenvalue weighted by molar-refractivity contribution is 5.87. The van der Waals surface area contributed by atoms with Crippen LogP contribution in [0.15, 0.2) is 0 Å². The fourth-order valence-corrected chi connectivity index (χ4v) is 2.59. The van der Waals surface area contributed by atoms with Crippen LogP contribution in [0.25, 0.3) is 0 Å². The Morgan fingerprint density at radius 1 is 1.12 bits per heavy atom. The van der Waals surface area contributed by atoms with Crippen molar-refractivity contribution in [2.45, 2.75) is 31.7 Å². The van der Waals surface area contributed by atoms with E-state index >= 15 is 0 Å². The van der Waals surface area contributed by atoms with E-state index in [1.54, 1.807) is 0 Å². The van der Waals surface area contributed by atoms with Crippen LogP contribution in [-0.4, -0.2) is 34.1 Å². The molecule has 0 aromatic rings. The molecule has 0 bridgehead atoms. The van der Waals surface area contributed by atoms with Crippen LogP contribution in [0.2, 0.25) is 0 Å². The zero-order valence-electron chi connectivity index (χ0n) is 9.26. The Balaban J connectivity index is 1.86. The van der Waals surface area contributed by atoms with Crippen molar-refractivity contribution in [2.24, 2.45) is 17.8 Å². The number of hydrogen-bond acceptors (Lipinski definition) is 3. The molecule has 3 atom stereocenters. The van der Waals surface area contributed by atoms with Gasteiger partial charge in [-0.15, -0.1) is 0 Å². The molecular weight excluding hydrogens is 226 g/mol. The number of fused-ring (bicyclic) bond motifs is 1. The van der Waals surface area contributed by atoms with Crippen molar-refractivity contribution < 1.29 is 24.6 Å². The Hall–Kier alpha value is -1.59. The minimum absolute atomic E-state index is 0.130. The summed E-state index contributed by atoms with van der Waals surface area (Å²) in [7, 11) is 0. The van der Waals surface area contributed by atoms with E-state index in [4.69, 9.17) is 10.2 Å². The van der Waals surface area contributed by atoms with Crippen LogP contribution in [0.5, 0.6) is 0 Å². The summed E-state index contributed by atoms with van der Waals surface area (Å²) in [5.41, 5.74) is 0. The number of carbonyl (C=O) groups is 3. The van der Waals surface area contributed by atoms with Crippen LogP contribution in [0.1, 0.15) is 25.7 Å². The molecular formula is C11H15NO5. The number of aliphatic carboxylic acids is 2. The standard InChI is InChI=1S/C11H15NO5/c13-9(14)4-8(11(16)17)12-10(15)7-2-5-1-6(5)3-7/h5-8H,1-4H2,(H,12,15)(H,13,14)(H,16,17)/t5?,6?,7?,8-/m0/s1. The lowest BCUT2D eigenvalue weighted by molar-refractivity contribution is -0.147. The third-order valence-corrected chi connectivity index (χ3v) is 3.61. The van der Waals surface area contributed by atoms with Crippen LogP contribution < -0.4 is 5.32 Å². The zero-order valence-corrected chi connectivity index (χ0v) is 9.26. The highest BCUT2D eigenvalue weighted by Crippen LogP contribution is 2.54. The van der Waals surface area contributed by atoms with Gasteiger partial charge in [0.1, 0.15) is 6.04 Å². The predicted octanol–water partition coefficient (Wildman–Crippen LogP) is 0.0766. The minimum Gasteiger partial charge on any atom is -0.481 e. The quantitative estimate of drug-likeness (QED) is 0.632. The number of amides is 1. The van der Waals surface area contributed by atoms with E-state index < -0.39 is 24.4 Å². The summed E-state index contributed by atoms with van der Waals surface area (Å²) in [6.45, 7) is 0. The Morgan fingerprint density at radius 2 is 1.71 bits per heavy atom.